The van der Waals surface area contributed by atoms with Gasteiger partial charge < -0.3 is 14.4 Å². The number of nitrogens with zero attached hydrogens (tertiary/aromatic N) is 4. The zero-order valence-electron chi connectivity index (χ0n) is 15.5. The molecule has 0 N–H and O–H groups in total. The van der Waals surface area contributed by atoms with Gasteiger partial charge in [0.2, 0.25) is 0 Å². The molecule has 0 aliphatic carbocycles. The fourth-order valence-corrected chi connectivity index (χ4v) is 3.75. The molecule has 1 amide bonds. The van der Waals surface area contributed by atoms with Gasteiger partial charge in [0.1, 0.15) is 12.7 Å². The first-order valence-electron chi connectivity index (χ1n) is 9.72. The second-order valence-corrected chi connectivity index (χ2v) is 7.27. The zero-order valence-corrected chi connectivity index (χ0v) is 15.5. The Kier molecular flexibility index (Phi) is 5.79. The third-order valence-electron chi connectivity index (χ3n) is 5.20. The minimum Gasteiger partial charge on any atom is -0.376 e. The number of benzene rings is 1. The van der Waals surface area contributed by atoms with Crippen LogP contribution in [0, 0.1) is 0 Å². The molecule has 4 rings (SSSR count). The maximum atomic E-state index is 13.1. The molecule has 7 heteroatoms. The predicted octanol–water partition coefficient (Wildman–Crippen LogP) is 2.13. The molecule has 2 fully saturated rings. The van der Waals surface area contributed by atoms with Crippen molar-refractivity contribution < 1.29 is 14.3 Å². The van der Waals surface area contributed by atoms with Gasteiger partial charge in [-0.2, -0.15) is 5.10 Å². The van der Waals surface area contributed by atoms with Crippen LogP contribution in [0.3, 0.4) is 0 Å². The summed E-state index contributed by atoms with van der Waals surface area (Å²) >= 11 is 0. The highest BCUT2D eigenvalue weighted by Crippen LogP contribution is 2.19. The van der Waals surface area contributed by atoms with Crippen LogP contribution in [0.1, 0.15) is 41.6 Å². The molecule has 0 unspecified atom stereocenters. The number of hydrogen-bond donors (Lipinski definition) is 0. The van der Waals surface area contributed by atoms with E-state index >= 15 is 0 Å². The van der Waals surface area contributed by atoms with Crippen molar-refractivity contribution in [1.82, 2.24) is 19.7 Å². The molecule has 2 saturated heterocycles. The van der Waals surface area contributed by atoms with Gasteiger partial charge in [0.15, 0.2) is 0 Å². The first-order valence-corrected chi connectivity index (χ1v) is 9.72. The molecule has 144 valence electrons. The third kappa shape index (κ3) is 4.73. The van der Waals surface area contributed by atoms with E-state index in [0.29, 0.717) is 25.2 Å². The Bertz CT molecular complexity index is 702. The highest BCUT2D eigenvalue weighted by molar-refractivity contribution is 5.94. The van der Waals surface area contributed by atoms with E-state index in [1.54, 1.807) is 11.0 Å². The predicted molar refractivity (Wildman–Crippen MR) is 99.4 cm³/mol. The fraction of sp³-hybridized carbons (Fsp3) is 0.550. The van der Waals surface area contributed by atoms with Gasteiger partial charge in [-0.1, -0.05) is 12.1 Å². The first-order chi connectivity index (χ1) is 13.3. The number of carbonyl (C=O) groups excluding carboxylic acids is 1. The Balaban J connectivity index is 1.43. The Morgan fingerprint density at radius 2 is 1.74 bits per heavy atom. The molecule has 2 aliphatic rings. The number of rotatable bonds is 7. The molecule has 0 saturated carbocycles. The summed E-state index contributed by atoms with van der Waals surface area (Å²) in [4.78, 5) is 19.0. The van der Waals surface area contributed by atoms with Crippen molar-refractivity contribution in [1.29, 1.82) is 0 Å². The summed E-state index contributed by atoms with van der Waals surface area (Å²) in [5.41, 5.74) is 1.79. The van der Waals surface area contributed by atoms with E-state index in [1.807, 2.05) is 29.2 Å². The zero-order chi connectivity index (χ0) is 18.5. The molecule has 2 aliphatic heterocycles. The third-order valence-corrected chi connectivity index (χ3v) is 5.20. The van der Waals surface area contributed by atoms with E-state index < -0.39 is 0 Å². The summed E-state index contributed by atoms with van der Waals surface area (Å²) in [6.07, 6.45) is 7.67. The van der Waals surface area contributed by atoms with Gasteiger partial charge in [-0.3, -0.25) is 4.79 Å². The summed E-state index contributed by atoms with van der Waals surface area (Å²) < 4.78 is 13.3. The Morgan fingerprint density at radius 1 is 1.07 bits per heavy atom. The van der Waals surface area contributed by atoms with Crippen LogP contribution in [0.4, 0.5) is 0 Å². The van der Waals surface area contributed by atoms with Crippen molar-refractivity contribution in [3.05, 3.63) is 48.0 Å². The minimum atomic E-state index is 0.0494. The number of hydrogen-bond acceptors (Lipinski definition) is 5. The van der Waals surface area contributed by atoms with Crippen molar-refractivity contribution in [2.45, 2.75) is 44.4 Å². The van der Waals surface area contributed by atoms with E-state index in [9.17, 15) is 4.79 Å². The first kappa shape index (κ1) is 18.1. The average molecular weight is 370 g/mol. The topological polar surface area (TPSA) is 69.5 Å². The van der Waals surface area contributed by atoms with Crippen molar-refractivity contribution in [2.24, 2.45) is 0 Å². The van der Waals surface area contributed by atoms with Gasteiger partial charge in [-0.25, -0.2) is 9.67 Å². The molecule has 1 aromatic carbocycles. The van der Waals surface area contributed by atoms with E-state index in [4.69, 9.17) is 9.47 Å². The molecule has 27 heavy (non-hydrogen) atoms. The van der Waals surface area contributed by atoms with Crippen molar-refractivity contribution >= 4 is 5.91 Å². The number of ether oxygens (including phenoxy) is 2. The molecule has 7 nitrogen and oxygen atoms in total. The maximum Gasteiger partial charge on any atom is 0.254 e. The van der Waals surface area contributed by atoms with Crippen LogP contribution in [0.2, 0.25) is 0 Å². The molecule has 1 aromatic heterocycles. The van der Waals surface area contributed by atoms with E-state index in [-0.39, 0.29) is 18.1 Å². The molecule has 2 aromatic rings. The molecule has 2 atom stereocenters. The number of carbonyl (C=O) groups is 1. The van der Waals surface area contributed by atoms with E-state index in [2.05, 4.69) is 10.1 Å². The van der Waals surface area contributed by atoms with Gasteiger partial charge in [0, 0.05) is 31.9 Å². The smallest absolute Gasteiger partial charge is 0.254 e. The standard InChI is InChI=1S/C20H26N4O3/c25-20(17-7-5-16(6-8-17)11-24-15-21-14-22-24)23(12-18-3-1-9-26-18)13-19-4-2-10-27-19/h5-8,14-15,18-19H,1-4,9-13H2/t18-,19-/m1/s1. The van der Waals surface area contributed by atoms with E-state index in [1.165, 1.54) is 6.33 Å². The van der Waals surface area contributed by atoms with Crippen molar-refractivity contribution in [3.63, 3.8) is 0 Å². The lowest BCUT2D eigenvalue weighted by atomic mass is 10.1. The van der Waals surface area contributed by atoms with Crippen LogP contribution in [0.5, 0.6) is 0 Å². The van der Waals surface area contributed by atoms with Crippen molar-refractivity contribution in [3.8, 4) is 0 Å². The van der Waals surface area contributed by atoms with Gasteiger partial charge in [-0.05, 0) is 43.4 Å². The summed E-state index contributed by atoms with van der Waals surface area (Å²) in [7, 11) is 0. The summed E-state index contributed by atoms with van der Waals surface area (Å²) in [5.74, 6) is 0.0494. The maximum absolute atomic E-state index is 13.1. The summed E-state index contributed by atoms with van der Waals surface area (Å²) in [5, 5.41) is 4.11. The molecule has 0 radical (unpaired) electrons. The summed E-state index contributed by atoms with van der Waals surface area (Å²) in [6.45, 7) is 3.51. The number of amides is 1. The van der Waals surface area contributed by atoms with Crippen LogP contribution < -0.4 is 0 Å². The van der Waals surface area contributed by atoms with Gasteiger partial charge in [0.25, 0.3) is 5.91 Å². The van der Waals surface area contributed by atoms with Gasteiger partial charge >= 0.3 is 0 Å². The summed E-state index contributed by atoms with van der Waals surface area (Å²) in [6, 6.07) is 7.75. The van der Waals surface area contributed by atoms with Gasteiger partial charge in [0.05, 0.1) is 18.8 Å². The van der Waals surface area contributed by atoms with Crippen LogP contribution in [-0.2, 0) is 16.0 Å². The number of aromatic nitrogens is 3. The normalized spacial score (nSPS) is 22.2. The second kappa shape index (κ2) is 8.63. The Hall–Kier alpha value is -2.25. The Labute approximate surface area is 159 Å². The molecule has 0 bridgehead atoms. The van der Waals surface area contributed by atoms with Crippen LogP contribution >= 0.6 is 0 Å². The molecular formula is C20H26N4O3. The lowest BCUT2D eigenvalue weighted by Crippen LogP contribution is -2.42. The van der Waals surface area contributed by atoms with Crippen molar-refractivity contribution in [2.75, 3.05) is 26.3 Å². The van der Waals surface area contributed by atoms with Crippen LogP contribution in [0.25, 0.3) is 0 Å². The Morgan fingerprint density at radius 3 is 2.26 bits per heavy atom. The lowest BCUT2D eigenvalue weighted by Gasteiger charge is -2.28. The highest BCUT2D eigenvalue weighted by Gasteiger charge is 2.27. The quantitative estimate of drug-likeness (QED) is 0.747. The highest BCUT2D eigenvalue weighted by atomic mass is 16.5. The van der Waals surface area contributed by atoms with Crippen LogP contribution in [-0.4, -0.2) is 64.1 Å². The minimum absolute atomic E-state index is 0.0494. The van der Waals surface area contributed by atoms with Crippen LogP contribution in [0.15, 0.2) is 36.9 Å². The average Bonchev–Trinajstić information content (AvgIpc) is 3.45. The molecule has 3 heterocycles. The van der Waals surface area contributed by atoms with Gasteiger partial charge in [-0.15, -0.1) is 0 Å². The second-order valence-electron chi connectivity index (χ2n) is 7.27. The monoisotopic (exact) mass is 370 g/mol. The SMILES string of the molecule is O=C(c1ccc(Cn2cncn2)cc1)N(C[C@H]1CCCO1)C[C@H]1CCCO1. The van der Waals surface area contributed by atoms with E-state index in [0.717, 1.165) is 44.5 Å². The molecule has 0 spiro atoms. The lowest BCUT2D eigenvalue weighted by molar-refractivity contribution is 0.0307. The molecular weight excluding hydrogens is 344 g/mol. The largest absolute Gasteiger partial charge is 0.376 e. The fourth-order valence-electron chi connectivity index (χ4n) is 3.75.